The number of nitrogens with zero attached hydrogens (tertiary/aromatic N) is 1. The molecule has 3 amide bonds. The van der Waals surface area contributed by atoms with Gasteiger partial charge in [0, 0.05) is 13.0 Å². The van der Waals surface area contributed by atoms with Gasteiger partial charge in [0.05, 0.1) is 24.4 Å². The molecule has 2 aromatic carbocycles. The lowest BCUT2D eigenvalue weighted by molar-refractivity contribution is -0.203. The van der Waals surface area contributed by atoms with Crippen molar-refractivity contribution in [1.82, 2.24) is 15.9 Å². The Morgan fingerprint density at radius 3 is 2.29 bits per heavy atom. The summed E-state index contributed by atoms with van der Waals surface area (Å²) in [6.45, 7) is 6.29. The van der Waals surface area contributed by atoms with Crippen LogP contribution in [0.5, 0.6) is 0 Å². The number of hydrazine groups is 1. The Morgan fingerprint density at radius 1 is 1.00 bits per heavy atom. The summed E-state index contributed by atoms with van der Waals surface area (Å²) in [4.78, 5) is 46.0. The molecule has 1 aliphatic rings. The fraction of sp³-hybridized carbons (Fsp3) is 0.469. The maximum atomic E-state index is 13.9. The molecular formula is C32H44N4O5. The molecule has 0 aliphatic carbocycles. The number of amides is 3. The quantitative estimate of drug-likeness (QED) is 0.311. The summed E-state index contributed by atoms with van der Waals surface area (Å²) in [5.41, 5.74) is 13.1. The fourth-order valence-electron chi connectivity index (χ4n) is 4.73. The number of hydrogen-bond acceptors (Lipinski definition) is 6. The van der Waals surface area contributed by atoms with Gasteiger partial charge >= 0.3 is 0 Å². The third kappa shape index (κ3) is 10.8. The molecule has 1 unspecified atom stereocenters. The van der Waals surface area contributed by atoms with Crippen molar-refractivity contribution in [1.29, 1.82) is 0 Å². The summed E-state index contributed by atoms with van der Waals surface area (Å²) in [5.74, 6) is -2.66. The Kier molecular flexibility index (Phi) is 13.0. The van der Waals surface area contributed by atoms with Gasteiger partial charge in [-0.1, -0.05) is 86.7 Å². The second-order valence-electron chi connectivity index (χ2n) is 10.9. The predicted molar refractivity (Wildman–Crippen MR) is 158 cm³/mol. The molecule has 1 fully saturated rings. The van der Waals surface area contributed by atoms with E-state index in [-0.39, 0.29) is 12.5 Å². The number of rotatable bonds is 13. The van der Waals surface area contributed by atoms with Gasteiger partial charge in [0.1, 0.15) is 0 Å². The highest BCUT2D eigenvalue weighted by molar-refractivity contribution is 5.89. The summed E-state index contributed by atoms with van der Waals surface area (Å²) >= 11 is 0. The Hall–Kier alpha value is -3.53. The van der Waals surface area contributed by atoms with E-state index in [4.69, 9.17) is 15.3 Å². The predicted octanol–water partition coefficient (Wildman–Crippen LogP) is 4.35. The van der Waals surface area contributed by atoms with Crippen LogP contribution in [0.1, 0.15) is 64.0 Å². The number of benzene rings is 2. The lowest BCUT2D eigenvalue weighted by atomic mass is 9.82. The Morgan fingerprint density at radius 2 is 1.68 bits per heavy atom. The van der Waals surface area contributed by atoms with Crippen LogP contribution >= 0.6 is 0 Å². The van der Waals surface area contributed by atoms with Gasteiger partial charge in [-0.2, -0.15) is 0 Å². The maximum Gasteiger partial charge on any atom is 0.257 e. The summed E-state index contributed by atoms with van der Waals surface area (Å²) in [5, 5.41) is 1.25. The molecule has 41 heavy (non-hydrogen) atoms. The van der Waals surface area contributed by atoms with Crippen LogP contribution in [0.15, 0.2) is 66.7 Å². The number of hydrogen-bond donors (Lipinski definition) is 3. The van der Waals surface area contributed by atoms with Gasteiger partial charge < -0.3 is 10.5 Å². The zero-order chi connectivity index (χ0) is 29.6. The molecule has 0 radical (unpaired) electrons. The van der Waals surface area contributed by atoms with Crippen LogP contribution in [0.4, 0.5) is 0 Å². The van der Waals surface area contributed by atoms with E-state index in [1.54, 1.807) is 6.92 Å². The average molecular weight is 565 g/mol. The molecule has 9 heteroatoms. The van der Waals surface area contributed by atoms with E-state index in [2.05, 4.69) is 10.9 Å². The number of allylic oxidation sites excluding steroid dienone is 1. The second-order valence-corrected chi connectivity index (χ2v) is 10.9. The lowest BCUT2D eigenvalue weighted by Crippen LogP contribution is -2.54. The number of ether oxygens (including phenoxy) is 1. The van der Waals surface area contributed by atoms with Crippen molar-refractivity contribution in [3.63, 3.8) is 0 Å². The number of nitrogens with one attached hydrogen (secondary N) is 2. The molecule has 0 spiro atoms. The van der Waals surface area contributed by atoms with Gasteiger partial charge in [-0.25, -0.2) is 15.3 Å². The highest BCUT2D eigenvalue weighted by Crippen LogP contribution is 2.26. The van der Waals surface area contributed by atoms with Gasteiger partial charge in [0.15, 0.2) is 6.29 Å². The molecule has 4 N–H and O–H groups in total. The minimum absolute atomic E-state index is 0.105. The zero-order valence-electron chi connectivity index (χ0n) is 24.3. The third-order valence-electron chi connectivity index (χ3n) is 6.90. The summed E-state index contributed by atoms with van der Waals surface area (Å²) in [6, 6.07) is 18.3. The van der Waals surface area contributed by atoms with E-state index in [0.29, 0.717) is 25.9 Å². The zero-order valence-corrected chi connectivity index (χ0v) is 24.3. The Balaban J connectivity index is 1.84. The van der Waals surface area contributed by atoms with Gasteiger partial charge in [0.25, 0.3) is 5.91 Å². The summed E-state index contributed by atoms with van der Waals surface area (Å²) in [7, 11) is 0. The molecule has 0 bridgehead atoms. The van der Waals surface area contributed by atoms with E-state index >= 15 is 0 Å². The molecule has 1 aliphatic heterocycles. The van der Waals surface area contributed by atoms with Crippen molar-refractivity contribution in [3.05, 3.63) is 77.9 Å². The SMILES string of the molecule is CC(C)C[C@@H](C(=O)NN(Cc1ccccc1)C(=O)[C@@H](C)N)[C@H](CC=Cc1ccccc1)C(=O)NOC1CCCCO1. The normalized spacial score (nSPS) is 17.5. The number of carbonyl (C=O) groups excluding carboxylic acids is 3. The first kappa shape index (κ1) is 32.0. The standard InChI is InChI=1S/C32H44N4O5/c1-23(2)21-28(30(37)34-36(32(39)24(3)33)22-26-15-8-5-9-16-26)27(18-12-17-25-13-6-4-7-14-25)31(38)35-41-29-19-10-11-20-40-29/h4-9,12-17,23-24,27-29H,10-11,18-22,33H2,1-3H3,(H,34,37)(H,35,38)/t24-,27+,28-,29?/m1/s1. The van der Waals surface area contributed by atoms with E-state index in [0.717, 1.165) is 24.0 Å². The molecule has 1 heterocycles. The van der Waals surface area contributed by atoms with Crippen molar-refractivity contribution in [2.75, 3.05) is 6.61 Å². The topological polar surface area (TPSA) is 123 Å². The van der Waals surface area contributed by atoms with E-state index in [1.807, 2.05) is 86.7 Å². The largest absolute Gasteiger partial charge is 0.350 e. The van der Waals surface area contributed by atoms with Crippen molar-refractivity contribution in [2.24, 2.45) is 23.5 Å². The van der Waals surface area contributed by atoms with Crippen molar-refractivity contribution >= 4 is 23.8 Å². The summed E-state index contributed by atoms with van der Waals surface area (Å²) in [6.07, 6.45) is 6.61. The maximum absolute atomic E-state index is 13.9. The molecule has 2 aromatic rings. The van der Waals surface area contributed by atoms with Crippen LogP contribution in [0.3, 0.4) is 0 Å². The first-order valence-electron chi connectivity index (χ1n) is 14.4. The third-order valence-corrected chi connectivity index (χ3v) is 6.90. The van der Waals surface area contributed by atoms with Crippen LogP contribution in [0.25, 0.3) is 6.08 Å². The van der Waals surface area contributed by atoms with Gasteiger partial charge in [-0.3, -0.25) is 19.8 Å². The van der Waals surface area contributed by atoms with E-state index in [9.17, 15) is 14.4 Å². The first-order valence-corrected chi connectivity index (χ1v) is 14.4. The molecule has 1 saturated heterocycles. The minimum atomic E-state index is -0.820. The van der Waals surface area contributed by atoms with Crippen molar-refractivity contribution in [3.8, 4) is 0 Å². The second kappa shape index (κ2) is 16.7. The minimum Gasteiger partial charge on any atom is -0.350 e. The molecule has 0 aromatic heterocycles. The van der Waals surface area contributed by atoms with Gasteiger partial charge in [-0.15, -0.1) is 0 Å². The molecule has 4 atom stereocenters. The van der Waals surface area contributed by atoms with Crippen molar-refractivity contribution < 1.29 is 24.0 Å². The molecule has 9 nitrogen and oxygen atoms in total. The molecule has 222 valence electrons. The molecule has 0 saturated carbocycles. The Labute approximate surface area is 243 Å². The highest BCUT2D eigenvalue weighted by Gasteiger charge is 2.36. The van der Waals surface area contributed by atoms with Gasteiger partial charge in [0.2, 0.25) is 11.8 Å². The fourth-order valence-corrected chi connectivity index (χ4v) is 4.73. The van der Waals surface area contributed by atoms with Crippen LogP contribution in [0, 0.1) is 17.8 Å². The smallest absolute Gasteiger partial charge is 0.257 e. The van der Waals surface area contributed by atoms with E-state index in [1.165, 1.54) is 5.01 Å². The lowest BCUT2D eigenvalue weighted by Gasteiger charge is -2.31. The average Bonchev–Trinajstić information content (AvgIpc) is 2.98. The van der Waals surface area contributed by atoms with Crippen LogP contribution in [-0.2, 0) is 30.5 Å². The number of carbonyl (C=O) groups is 3. The molecule has 3 rings (SSSR count). The van der Waals surface area contributed by atoms with Crippen molar-refractivity contribution in [2.45, 2.75) is 71.8 Å². The Bertz CT molecular complexity index is 1120. The van der Waals surface area contributed by atoms with Crippen LogP contribution in [-0.4, -0.2) is 41.7 Å². The van der Waals surface area contributed by atoms with Gasteiger partial charge in [-0.05, 0) is 49.7 Å². The van der Waals surface area contributed by atoms with E-state index < -0.39 is 41.9 Å². The number of nitrogens with two attached hydrogens (primary N) is 1. The van der Waals surface area contributed by atoms with Crippen LogP contribution < -0.4 is 16.6 Å². The number of hydroxylamine groups is 1. The summed E-state index contributed by atoms with van der Waals surface area (Å²) < 4.78 is 5.59. The first-order chi connectivity index (χ1) is 19.7. The molecular weight excluding hydrogens is 520 g/mol. The van der Waals surface area contributed by atoms with Crippen LogP contribution in [0.2, 0.25) is 0 Å². The monoisotopic (exact) mass is 564 g/mol. The highest BCUT2D eigenvalue weighted by atomic mass is 16.8.